The van der Waals surface area contributed by atoms with Crippen LogP contribution in [0, 0.1) is 5.82 Å². The lowest BCUT2D eigenvalue weighted by Gasteiger charge is -2.13. The Morgan fingerprint density at radius 3 is 2.46 bits per heavy atom. The number of nitrogens with zero attached hydrogens (tertiary/aromatic N) is 4. The van der Waals surface area contributed by atoms with Crippen molar-refractivity contribution in [3.63, 3.8) is 0 Å². The summed E-state index contributed by atoms with van der Waals surface area (Å²) in [4.78, 5) is 24.8. The van der Waals surface area contributed by atoms with Crippen LogP contribution in [0.25, 0.3) is 16.6 Å². The number of carbonyl (C=O) groups excluding carboxylic acids is 1. The van der Waals surface area contributed by atoms with Crippen molar-refractivity contribution in [1.82, 2.24) is 19.4 Å². The Hall–Kier alpha value is -4.80. The molecular formula is C28H21F4N5O2. The van der Waals surface area contributed by atoms with E-state index in [0.717, 1.165) is 24.4 Å². The quantitative estimate of drug-likeness (QED) is 0.269. The molecule has 1 aromatic carbocycles. The van der Waals surface area contributed by atoms with Crippen LogP contribution in [-0.2, 0) is 23.8 Å². The summed E-state index contributed by atoms with van der Waals surface area (Å²) in [6.45, 7) is 0. The van der Waals surface area contributed by atoms with Crippen LogP contribution >= 0.6 is 0 Å². The summed E-state index contributed by atoms with van der Waals surface area (Å²) in [5.74, 6) is -1.34. The molecule has 0 unspecified atom stereocenters. The van der Waals surface area contributed by atoms with Crippen molar-refractivity contribution in [2.45, 2.75) is 19.0 Å². The monoisotopic (exact) mass is 535 g/mol. The van der Waals surface area contributed by atoms with Gasteiger partial charge in [0.1, 0.15) is 17.2 Å². The zero-order valence-electron chi connectivity index (χ0n) is 20.5. The molecule has 0 spiro atoms. The lowest BCUT2D eigenvalue weighted by molar-refractivity contribution is -0.139. The number of ether oxygens (including phenoxy) is 1. The van der Waals surface area contributed by atoms with Crippen LogP contribution in [0.1, 0.15) is 22.5 Å². The molecule has 11 heteroatoms. The third-order valence-electron chi connectivity index (χ3n) is 6.08. The Labute approximate surface area is 220 Å². The van der Waals surface area contributed by atoms with Crippen LogP contribution in [0.5, 0.6) is 5.88 Å². The predicted molar refractivity (Wildman–Crippen MR) is 136 cm³/mol. The number of hydrogen-bond acceptors (Lipinski definition) is 5. The first-order valence-corrected chi connectivity index (χ1v) is 11.8. The van der Waals surface area contributed by atoms with Gasteiger partial charge in [0.15, 0.2) is 0 Å². The molecule has 1 N–H and O–H groups in total. The SMILES string of the molecule is COc1ncc(NC(=O)Cc2ccc(-c3cnc(Cc4ccn5ccccc45)nc3)cc2F)cc1C(F)(F)F. The Bertz CT molecular complexity index is 1650. The van der Waals surface area contributed by atoms with E-state index < -0.39 is 29.3 Å². The molecule has 4 heterocycles. The van der Waals surface area contributed by atoms with E-state index in [0.29, 0.717) is 29.4 Å². The maximum Gasteiger partial charge on any atom is 0.421 e. The zero-order valence-corrected chi connectivity index (χ0v) is 20.5. The van der Waals surface area contributed by atoms with E-state index in [1.54, 1.807) is 18.5 Å². The minimum absolute atomic E-state index is 0.0758. The highest BCUT2D eigenvalue weighted by molar-refractivity contribution is 5.92. The highest BCUT2D eigenvalue weighted by Crippen LogP contribution is 2.36. The van der Waals surface area contributed by atoms with Crippen molar-refractivity contribution in [1.29, 1.82) is 0 Å². The number of hydrogen-bond donors (Lipinski definition) is 1. The predicted octanol–water partition coefficient (Wildman–Crippen LogP) is 5.73. The number of aromatic nitrogens is 4. The summed E-state index contributed by atoms with van der Waals surface area (Å²) in [7, 11) is 1.06. The topological polar surface area (TPSA) is 81.4 Å². The maximum atomic E-state index is 14.8. The van der Waals surface area contributed by atoms with E-state index in [2.05, 4.69) is 25.0 Å². The Kier molecular flexibility index (Phi) is 6.97. The third kappa shape index (κ3) is 5.71. The molecule has 5 aromatic rings. The molecule has 0 saturated carbocycles. The van der Waals surface area contributed by atoms with Crippen LogP contribution in [0.3, 0.4) is 0 Å². The van der Waals surface area contributed by atoms with Crippen LogP contribution in [0.15, 0.2) is 79.5 Å². The second-order valence-corrected chi connectivity index (χ2v) is 8.71. The first kappa shape index (κ1) is 25.8. The van der Waals surface area contributed by atoms with Crippen molar-refractivity contribution < 1.29 is 27.1 Å². The Balaban J connectivity index is 1.25. The van der Waals surface area contributed by atoms with Gasteiger partial charge in [0.25, 0.3) is 0 Å². The number of alkyl halides is 3. The van der Waals surface area contributed by atoms with Gasteiger partial charge < -0.3 is 14.5 Å². The number of benzene rings is 1. The van der Waals surface area contributed by atoms with E-state index in [4.69, 9.17) is 0 Å². The molecule has 7 nitrogen and oxygen atoms in total. The van der Waals surface area contributed by atoms with E-state index in [-0.39, 0.29) is 17.7 Å². The van der Waals surface area contributed by atoms with Crippen LogP contribution in [-0.4, -0.2) is 32.4 Å². The summed E-state index contributed by atoms with van der Waals surface area (Å²) >= 11 is 0. The second-order valence-electron chi connectivity index (χ2n) is 8.71. The molecule has 1 amide bonds. The molecule has 0 fully saturated rings. The van der Waals surface area contributed by atoms with Gasteiger partial charge in [0, 0.05) is 42.3 Å². The molecule has 0 aliphatic heterocycles. The molecule has 39 heavy (non-hydrogen) atoms. The number of carbonyl (C=O) groups is 1. The fourth-order valence-electron chi connectivity index (χ4n) is 4.16. The number of fused-ring (bicyclic) bond motifs is 1. The van der Waals surface area contributed by atoms with Gasteiger partial charge in [-0.1, -0.05) is 18.2 Å². The molecule has 198 valence electrons. The minimum atomic E-state index is -4.72. The molecule has 4 aromatic heterocycles. The number of pyridine rings is 2. The van der Waals surface area contributed by atoms with E-state index in [1.807, 2.05) is 41.1 Å². The lowest BCUT2D eigenvalue weighted by Crippen LogP contribution is -2.17. The Morgan fingerprint density at radius 2 is 1.74 bits per heavy atom. The van der Waals surface area contributed by atoms with Gasteiger partial charge in [-0.25, -0.2) is 19.3 Å². The molecule has 0 aliphatic carbocycles. The average molecular weight is 536 g/mol. The van der Waals surface area contributed by atoms with E-state index >= 15 is 0 Å². The van der Waals surface area contributed by atoms with Crippen molar-refractivity contribution in [2.75, 3.05) is 12.4 Å². The zero-order chi connectivity index (χ0) is 27.6. The number of nitrogens with one attached hydrogen (secondary N) is 1. The molecule has 0 atom stereocenters. The van der Waals surface area contributed by atoms with Crippen LogP contribution in [0.2, 0.25) is 0 Å². The molecule has 5 rings (SSSR count). The van der Waals surface area contributed by atoms with Gasteiger partial charge in [0.05, 0.1) is 25.4 Å². The highest BCUT2D eigenvalue weighted by Gasteiger charge is 2.35. The van der Waals surface area contributed by atoms with Gasteiger partial charge in [-0.15, -0.1) is 0 Å². The number of amides is 1. The van der Waals surface area contributed by atoms with Gasteiger partial charge in [0.2, 0.25) is 11.8 Å². The Morgan fingerprint density at radius 1 is 0.949 bits per heavy atom. The van der Waals surface area contributed by atoms with Gasteiger partial charge in [-0.05, 0) is 47.0 Å². The second kappa shape index (κ2) is 10.5. The molecule has 0 aliphatic rings. The van der Waals surface area contributed by atoms with Crippen LogP contribution in [0.4, 0.5) is 23.2 Å². The normalized spacial score (nSPS) is 11.5. The molecule has 0 radical (unpaired) electrons. The standard InChI is InChI=1S/C28H21F4N5O2/c1-39-27-22(28(30,31)32)13-21(16-35-27)36-26(38)12-18-6-5-17(10-23(18)29)20-14-33-25(34-15-20)11-19-7-9-37-8-3-2-4-24(19)37/h2-10,13-16H,11-12H2,1H3,(H,36,38). The highest BCUT2D eigenvalue weighted by atomic mass is 19.4. The summed E-state index contributed by atoms with van der Waals surface area (Å²) in [6, 6.07) is 13.0. The van der Waals surface area contributed by atoms with Gasteiger partial charge >= 0.3 is 6.18 Å². The van der Waals surface area contributed by atoms with Crippen molar-refractivity contribution in [2.24, 2.45) is 0 Å². The largest absolute Gasteiger partial charge is 0.481 e. The van der Waals surface area contributed by atoms with Gasteiger partial charge in [-0.3, -0.25) is 4.79 Å². The van der Waals surface area contributed by atoms with Crippen molar-refractivity contribution in [3.05, 3.63) is 108 Å². The average Bonchev–Trinajstić information content (AvgIpc) is 3.32. The summed E-state index contributed by atoms with van der Waals surface area (Å²) in [6.07, 6.45) is 3.61. The van der Waals surface area contributed by atoms with E-state index in [1.165, 1.54) is 12.1 Å². The van der Waals surface area contributed by atoms with Gasteiger partial charge in [-0.2, -0.15) is 13.2 Å². The number of rotatable bonds is 7. The first-order valence-electron chi connectivity index (χ1n) is 11.8. The summed E-state index contributed by atoms with van der Waals surface area (Å²) in [5, 5.41) is 2.32. The maximum absolute atomic E-state index is 14.8. The summed E-state index contributed by atoms with van der Waals surface area (Å²) < 4.78 is 61.1. The molecule has 0 saturated heterocycles. The lowest BCUT2D eigenvalue weighted by atomic mass is 10.0. The molecule has 0 bridgehead atoms. The van der Waals surface area contributed by atoms with Crippen LogP contribution < -0.4 is 10.1 Å². The molecular weight excluding hydrogens is 514 g/mol. The minimum Gasteiger partial charge on any atom is -0.481 e. The summed E-state index contributed by atoms with van der Waals surface area (Å²) in [5.41, 5.74) is 2.02. The fraction of sp³-hybridized carbons (Fsp3) is 0.143. The van der Waals surface area contributed by atoms with E-state index in [9.17, 15) is 22.4 Å². The number of anilines is 1. The van der Waals surface area contributed by atoms with Crippen molar-refractivity contribution in [3.8, 4) is 17.0 Å². The fourth-order valence-corrected chi connectivity index (χ4v) is 4.16. The van der Waals surface area contributed by atoms with Crippen molar-refractivity contribution >= 4 is 17.1 Å². The number of methoxy groups -OCH3 is 1. The first-order chi connectivity index (χ1) is 18.7. The number of halogens is 4. The smallest absolute Gasteiger partial charge is 0.421 e. The third-order valence-corrected chi connectivity index (χ3v) is 6.08.